The number of carbonyl (C=O) groups is 1. The minimum atomic E-state index is -0.121. The molecular weight excluding hydrogens is 334 g/mol. The van der Waals surface area contributed by atoms with Crippen molar-refractivity contribution in [1.82, 2.24) is 15.2 Å². The SMILES string of the molecule is CCN(CC)C(CNC(=O)c1cc(Br)c[nH]1)c1ccco1. The third-order valence-electron chi connectivity index (χ3n) is 3.47. The zero-order valence-corrected chi connectivity index (χ0v) is 13.8. The summed E-state index contributed by atoms with van der Waals surface area (Å²) in [5.41, 5.74) is 0.541. The third kappa shape index (κ3) is 3.98. The minimum absolute atomic E-state index is 0.0392. The number of rotatable bonds is 7. The molecule has 0 aromatic carbocycles. The highest BCUT2D eigenvalue weighted by Crippen LogP contribution is 2.20. The molecule has 114 valence electrons. The maximum absolute atomic E-state index is 12.1. The van der Waals surface area contributed by atoms with Gasteiger partial charge in [-0.2, -0.15) is 0 Å². The molecule has 2 aromatic heterocycles. The Hall–Kier alpha value is -1.53. The van der Waals surface area contributed by atoms with Crippen LogP contribution in [-0.4, -0.2) is 35.4 Å². The maximum atomic E-state index is 12.1. The fourth-order valence-corrected chi connectivity index (χ4v) is 2.68. The first-order valence-corrected chi connectivity index (χ1v) is 7.84. The lowest BCUT2D eigenvalue weighted by Gasteiger charge is -2.28. The molecule has 0 fully saturated rings. The number of nitrogens with one attached hydrogen (secondary N) is 2. The Kier molecular flexibility index (Phi) is 5.64. The summed E-state index contributed by atoms with van der Waals surface area (Å²) >= 11 is 3.32. The standard InChI is InChI=1S/C15H20BrN3O2/c1-3-19(4-2)13(14-6-5-7-21-14)10-18-15(20)12-8-11(16)9-17-12/h5-9,13,17H,3-4,10H2,1-2H3,(H,18,20). The molecule has 2 aromatic rings. The second kappa shape index (κ2) is 7.47. The van der Waals surface area contributed by atoms with Crippen molar-refractivity contribution in [2.45, 2.75) is 19.9 Å². The molecule has 0 radical (unpaired) electrons. The number of amides is 1. The van der Waals surface area contributed by atoms with Gasteiger partial charge in [0.2, 0.25) is 0 Å². The Morgan fingerprint density at radius 2 is 2.24 bits per heavy atom. The van der Waals surface area contributed by atoms with Gasteiger partial charge in [-0.3, -0.25) is 9.69 Å². The largest absolute Gasteiger partial charge is 0.468 e. The number of hydrogen-bond acceptors (Lipinski definition) is 3. The van der Waals surface area contributed by atoms with Crippen molar-refractivity contribution in [3.8, 4) is 0 Å². The third-order valence-corrected chi connectivity index (χ3v) is 3.93. The fraction of sp³-hybridized carbons (Fsp3) is 0.400. The van der Waals surface area contributed by atoms with E-state index in [0.717, 1.165) is 23.3 Å². The van der Waals surface area contributed by atoms with Gasteiger partial charge >= 0.3 is 0 Å². The molecule has 1 atom stereocenters. The topological polar surface area (TPSA) is 61.3 Å². The first-order chi connectivity index (χ1) is 10.2. The minimum Gasteiger partial charge on any atom is -0.468 e. The normalized spacial score (nSPS) is 12.6. The Labute approximate surface area is 132 Å². The lowest BCUT2D eigenvalue weighted by molar-refractivity contribution is 0.0925. The van der Waals surface area contributed by atoms with E-state index in [1.807, 2.05) is 12.1 Å². The monoisotopic (exact) mass is 353 g/mol. The molecule has 0 spiro atoms. The zero-order valence-electron chi connectivity index (χ0n) is 12.2. The average Bonchev–Trinajstić information content (AvgIpc) is 3.14. The van der Waals surface area contributed by atoms with E-state index in [1.165, 1.54) is 0 Å². The number of aromatic nitrogens is 1. The average molecular weight is 354 g/mol. The highest BCUT2D eigenvalue weighted by molar-refractivity contribution is 9.10. The molecule has 0 aliphatic carbocycles. The summed E-state index contributed by atoms with van der Waals surface area (Å²) in [6.07, 6.45) is 3.40. The summed E-state index contributed by atoms with van der Waals surface area (Å²) in [6.45, 7) is 6.49. The van der Waals surface area contributed by atoms with Gasteiger partial charge in [-0.25, -0.2) is 0 Å². The molecular formula is C15H20BrN3O2. The van der Waals surface area contributed by atoms with Gasteiger partial charge in [0.15, 0.2) is 0 Å². The Bertz CT molecular complexity index is 561. The van der Waals surface area contributed by atoms with Gasteiger partial charge in [0, 0.05) is 17.2 Å². The predicted octanol–water partition coefficient (Wildman–Crippen LogP) is 3.18. The number of furan rings is 1. The number of H-pyrrole nitrogens is 1. The fourth-order valence-electron chi connectivity index (χ4n) is 2.34. The van der Waals surface area contributed by atoms with Crippen LogP contribution in [-0.2, 0) is 0 Å². The van der Waals surface area contributed by atoms with Crippen molar-refractivity contribution in [3.63, 3.8) is 0 Å². The van der Waals surface area contributed by atoms with Gasteiger partial charge in [-0.15, -0.1) is 0 Å². The van der Waals surface area contributed by atoms with Crippen LogP contribution >= 0.6 is 15.9 Å². The second-order valence-corrected chi connectivity index (χ2v) is 5.61. The van der Waals surface area contributed by atoms with Crippen LogP contribution in [0.3, 0.4) is 0 Å². The van der Waals surface area contributed by atoms with Gasteiger partial charge in [-0.1, -0.05) is 13.8 Å². The van der Waals surface area contributed by atoms with Crippen molar-refractivity contribution in [2.24, 2.45) is 0 Å². The molecule has 0 bridgehead atoms. The van der Waals surface area contributed by atoms with E-state index in [4.69, 9.17) is 4.42 Å². The summed E-state index contributed by atoms with van der Waals surface area (Å²) in [5, 5.41) is 2.96. The van der Waals surface area contributed by atoms with Crippen molar-refractivity contribution >= 4 is 21.8 Å². The molecule has 2 heterocycles. The van der Waals surface area contributed by atoms with E-state index >= 15 is 0 Å². The molecule has 0 aliphatic heterocycles. The molecule has 1 amide bonds. The van der Waals surface area contributed by atoms with Gasteiger partial charge < -0.3 is 14.7 Å². The van der Waals surface area contributed by atoms with Gasteiger partial charge in [0.1, 0.15) is 11.5 Å². The van der Waals surface area contributed by atoms with Crippen molar-refractivity contribution in [2.75, 3.05) is 19.6 Å². The van der Waals surface area contributed by atoms with Gasteiger partial charge in [0.05, 0.1) is 12.3 Å². The van der Waals surface area contributed by atoms with Crippen molar-refractivity contribution in [1.29, 1.82) is 0 Å². The predicted molar refractivity (Wildman–Crippen MR) is 85.2 cm³/mol. The van der Waals surface area contributed by atoms with E-state index in [9.17, 15) is 4.79 Å². The van der Waals surface area contributed by atoms with Gasteiger partial charge in [-0.05, 0) is 47.2 Å². The summed E-state index contributed by atoms with van der Waals surface area (Å²) in [4.78, 5) is 17.3. The summed E-state index contributed by atoms with van der Waals surface area (Å²) in [7, 11) is 0. The van der Waals surface area contributed by atoms with Crippen LogP contribution < -0.4 is 5.32 Å². The van der Waals surface area contributed by atoms with E-state index in [-0.39, 0.29) is 11.9 Å². The second-order valence-electron chi connectivity index (χ2n) is 4.69. The van der Waals surface area contributed by atoms with Gasteiger partial charge in [0.25, 0.3) is 5.91 Å². The van der Waals surface area contributed by atoms with E-state index < -0.39 is 0 Å². The zero-order chi connectivity index (χ0) is 15.2. The van der Waals surface area contributed by atoms with Crippen LogP contribution in [0.15, 0.2) is 39.5 Å². The Morgan fingerprint density at radius 1 is 1.48 bits per heavy atom. The molecule has 1 unspecified atom stereocenters. The Morgan fingerprint density at radius 3 is 2.76 bits per heavy atom. The summed E-state index contributed by atoms with van der Waals surface area (Å²) in [5.74, 6) is 0.746. The molecule has 5 nitrogen and oxygen atoms in total. The molecule has 2 rings (SSSR count). The van der Waals surface area contributed by atoms with Crippen LogP contribution in [0.1, 0.15) is 36.1 Å². The Balaban J connectivity index is 2.04. The van der Waals surface area contributed by atoms with E-state index in [1.54, 1.807) is 18.5 Å². The first kappa shape index (κ1) is 15.9. The quantitative estimate of drug-likeness (QED) is 0.803. The molecule has 6 heteroatoms. The molecule has 0 aliphatic rings. The van der Waals surface area contributed by atoms with E-state index in [2.05, 4.69) is 45.0 Å². The smallest absolute Gasteiger partial charge is 0.267 e. The molecule has 0 saturated heterocycles. The number of aromatic amines is 1. The number of halogens is 1. The first-order valence-electron chi connectivity index (χ1n) is 7.05. The van der Waals surface area contributed by atoms with Crippen LogP contribution in [0.4, 0.5) is 0 Å². The van der Waals surface area contributed by atoms with Crippen LogP contribution in [0, 0.1) is 0 Å². The number of nitrogens with zero attached hydrogens (tertiary/aromatic N) is 1. The summed E-state index contributed by atoms with van der Waals surface area (Å²) in [6, 6.07) is 5.61. The lowest BCUT2D eigenvalue weighted by atomic mass is 10.2. The molecule has 2 N–H and O–H groups in total. The van der Waals surface area contributed by atoms with Crippen LogP contribution in [0.25, 0.3) is 0 Å². The molecule has 21 heavy (non-hydrogen) atoms. The lowest BCUT2D eigenvalue weighted by Crippen LogP contribution is -2.38. The van der Waals surface area contributed by atoms with Crippen molar-refractivity contribution < 1.29 is 9.21 Å². The highest BCUT2D eigenvalue weighted by atomic mass is 79.9. The number of likely N-dealkylation sites (N-methyl/N-ethyl adjacent to an activating group) is 1. The van der Waals surface area contributed by atoms with Crippen LogP contribution in [0.2, 0.25) is 0 Å². The summed E-state index contributed by atoms with van der Waals surface area (Å²) < 4.78 is 6.37. The molecule has 0 saturated carbocycles. The van der Waals surface area contributed by atoms with Crippen molar-refractivity contribution in [3.05, 3.63) is 46.6 Å². The van der Waals surface area contributed by atoms with Crippen LogP contribution in [0.5, 0.6) is 0 Å². The highest BCUT2D eigenvalue weighted by Gasteiger charge is 2.21. The number of carbonyl (C=O) groups excluding carboxylic acids is 1. The van der Waals surface area contributed by atoms with E-state index in [0.29, 0.717) is 12.2 Å². The maximum Gasteiger partial charge on any atom is 0.267 e. The number of hydrogen-bond donors (Lipinski definition) is 2.